The zero-order valence-corrected chi connectivity index (χ0v) is 8.92. The van der Waals surface area contributed by atoms with E-state index in [1.54, 1.807) is 24.3 Å². The SMILES string of the molecule is CCCC(N)C(=O)c1ccccc1Cl. The molecule has 1 aromatic rings. The molecule has 0 aliphatic heterocycles. The lowest BCUT2D eigenvalue weighted by atomic mass is 10.0. The molecule has 1 rings (SSSR count). The Kier molecular flexibility index (Phi) is 4.11. The summed E-state index contributed by atoms with van der Waals surface area (Å²) >= 11 is 5.89. The zero-order valence-electron chi connectivity index (χ0n) is 8.16. The summed E-state index contributed by atoms with van der Waals surface area (Å²) in [5.41, 5.74) is 6.24. The molecule has 0 fully saturated rings. The van der Waals surface area contributed by atoms with Gasteiger partial charge in [-0.3, -0.25) is 4.79 Å². The molecule has 0 saturated heterocycles. The van der Waals surface area contributed by atoms with Crippen molar-refractivity contribution in [3.8, 4) is 0 Å². The monoisotopic (exact) mass is 211 g/mol. The molecule has 0 saturated carbocycles. The maximum absolute atomic E-state index is 11.7. The predicted molar refractivity (Wildman–Crippen MR) is 58.7 cm³/mol. The average molecular weight is 212 g/mol. The average Bonchev–Trinajstić information content (AvgIpc) is 2.18. The van der Waals surface area contributed by atoms with Crippen molar-refractivity contribution in [2.24, 2.45) is 5.73 Å². The fourth-order valence-electron chi connectivity index (χ4n) is 1.30. The molecule has 2 N–H and O–H groups in total. The Hall–Kier alpha value is -0.860. The van der Waals surface area contributed by atoms with Crippen molar-refractivity contribution in [3.05, 3.63) is 34.9 Å². The van der Waals surface area contributed by atoms with Crippen LogP contribution in [0.1, 0.15) is 30.1 Å². The first kappa shape index (κ1) is 11.2. The van der Waals surface area contributed by atoms with Crippen LogP contribution in [-0.2, 0) is 0 Å². The largest absolute Gasteiger partial charge is 0.321 e. The zero-order chi connectivity index (χ0) is 10.6. The second-order valence-corrected chi connectivity index (χ2v) is 3.65. The molecule has 0 aliphatic carbocycles. The van der Waals surface area contributed by atoms with Crippen molar-refractivity contribution >= 4 is 17.4 Å². The van der Waals surface area contributed by atoms with Gasteiger partial charge in [0.1, 0.15) is 0 Å². The van der Waals surface area contributed by atoms with Crippen LogP contribution >= 0.6 is 11.6 Å². The van der Waals surface area contributed by atoms with E-state index in [4.69, 9.17) is 17.3 Å². The van der Waals surface area contributed by atoms with E-state index in [2.05, 4.69) is 0 Å². The normalized spacial score (nSPS) is 12.5. The number of halogens is 1. The van der Waals surface area contributed by atoms with Crippen molar-refractivity contribution in [1.82, 2.24) is 0 Å². The summed E-state index contributed by atoms with van der Waals surface area (Å²) in [6.45, 7) is 2.00. The van der Waals surface area contributed by atoms with Crippen molar-refractivity contribution in [3.63, 3.8) is 0 Å². The van der Waals surface area contributed by atoms with Gasteiger partial charge in [-0.05, 0) is 18.6 Å². The van der Waals surface area contributed by atoms with Gasteiger partial charge in [0.05, 0.1) is 11.1 Å². The summed E-state index contributed by atoms with van der Waals surface area (Å²) in [6, 6.07) is 6.57. The number of hydrogen-bond acceptors (Lipinski definition) is 2. The predicted octanol–water partition coefficient (Wildman–Crippen LogP) is 2.65. The standard InChI is InChI=1S/C11H14ClNO/c1-2-5-10(13)11(14)8-6-3-4-7-9(8)12/h3-4,6-7,10H,2,5,13H2,1H3. The number of rotatable bonds is 4. The number of hydrogen-bond donors (Lipinski definition) is 1. The molecule has 0 aromatic heterocycles. The van der Waals surface area contributed by atoms with E-state index in [1.165, 1.54) is 0 Å². The molecule has 14 heavy (non-hydrogen) atoms. The summed E-state index contributed by atoms with van der Waals surface area (Å²) in [5, 5.41) is 0.476. The minimum atomic E-state index is -0.431. The van der Waals surface area contributed by atoms with Crippen LogP contribution in [0.25, 0.3) is 0 Å². The van der Waals surface area contributed by atoms with Gasteiger partial charge in [-0.25, -0.2) is 0 Å². The maximum Gasteiger partial charge on any atom is 0.181 e. The molecule has 0 heterocycles. The van der Waals surface area contributed by atoms with E-state index in [9.17, 15) is 4.79 Å². The van der Waals surface area contributed by atoms with E-state index in [0.29, 0.717) is 17.0 Å². The van der Waals surface area contributed by atoms with Crippen LogP contribution in [0.2, 0.25) is 5.02 Å². The van der Waals surface area contributed by atoms with Gasteiger partial charge < -0.3 is 5.73 Å². The van der Waals surface area contributed by atoms with Gasteiger partial charge in [0.2, 0.25) is 0 Å². The molecule has 76 valence electrons. The van der Waals surface area contributed by atoms with Gasteiger partial charge in [-0.15, -0.1) is 0 Å². The Morgan fingerprint density at radius 2 is 2.14 bits per heavy atom. The first-order valence-corrected chi connectivity index (χ1v) is 5.09. The smallest absolute Gasteiger partial charge is 0.181 e. The van der Waals surface area contributed by atoms with Crippen molar-refractivity contribution < 1.29 is 4.79 Å². The second kappa shape index (κ2) is 5.13. The van der Waals surface area contributed by atoms with E-state index in [0.717, 1.165) is 6.42 Å². The molecule has 1 aromatic carbocycles. The molecule has 0 bridgehead atoms. The van der Waals surface area contributed by atoms with Gasteiger partial charge in [0.15, 0.2) is 5.78 Å². The lowest BCUT2D eigenvalue weighted by Crippen LogP contribution is -2.30. The topological polar surface area (TPSA) is 43.1 Å². The number of carbonyl (C=O) groups is 1. The fraction of sp³-hybridized carbons (Fsp3) is 0.364. The molecule has 1 atom stereocenters. The molecular formula is C11H14ClNO. The number of nitrogens with two attached hydrogens (primary N) is 1. The molecule has 0 radical (unpaired) electrons. The van der Waals surface area contributed by atoms with Gasteiger partial charge >= 0.3 is 0 Å². The minimum absolute atomic E-state index is 0.0718. The quantitative estimate of drug-likeness (QED) is 0.779. The molecule has 3 heteroatoms. The Morgan fingerprint density at radius 1 is 1.50 bits per heavy atom. The summed E-state index contributed by atoms with van der Waals surface area (Å²) in [6.07, 6.45) is 1.60. The molecule has 1 unspecified atom stereocenters. The molecule has 0 spiro atoms. The maximum atomic E-state index is 11.7. The Balaban J connectivity index is 2.84. The van der Waals surface area contributed by atoms with Crippen LogP contribution in [0.15, 0.2) is 24.3 Å². The lowest BCUT2D eigenvalue weighted by Gasteiger charge is -2.09. The highest BCUT2D eigenvalue weighted by molar-refractivity contribution is 6.34. The molecular weight excluding hydrogens is 198 g/mol. The van der Waals surface area contributed by atoms with E-state index >= 15 is 0 Å². The minimum Gasteiger partial charge on any atom is -0.321 e. The van der Waals surface area contributed by atoms with E-state index in [1.807, 2.05) is 6.92 Å². The van der Waals surface area contributed by atoms with Crippen LogP contribution < -0.4 is 5.73 Å². The third-order valence-electron chi connectivity index (χ3n) is 2.08. The van der Waals surface area contributed by atoms with Crippen LogP contribution in [-0.4, -0.2) is 11.8 Å². The summed E-state index contributed by atoms with van der Waals surface area (Å²) in [7, 11) is 0. The number of Topliss-reactive ketones (excluding diaryl/α,β-unsaturated/α-hetero) is 1. The summed E-state index contributed by atoms with van der Waals surface area (Å²) < 4.78 is 0. The van der Waals surface area contributed by atoms with Gasteiger partial charge in [0, 0.05) is 5.56 Å². The van der Waals surface area contributed by atoms with Gasteiger partial charge in [0.25, 0.3) is 0 Å². The second-order valence-electron chi connectivity index (χ2n) is 3.24. The lowest BCUT2D eigenvalue weighted by molar-refractivity contribution is 0.0957. The number of ketones is 1. The number of benzene rings is 1. The number of carbonyl (C=O) groups excluding carboxylic acids is 1. The van der Waals surface area contributed by atoms with Crippen molar-refractivity contribution in [2.75, 3.05) is 0 Å². The van der Waals surface area contributed by atoms with Crippen LogP contribution in [0.5, 0.6) is 0 Å². The first-order valence-electron chi connectivity index (χ1n) is 4.71. The van der Waals surface area contributed by atoms with Gasteiger partial charge in [-0.1, -0.05) is 37.1 Å². The van der Waals surface area contributed by atoms with Crippen LogP contribution in [0.4, 0.5) is 0 Å². The highest BCUT2D eigenvalue weighted by Crippen LogP contribution is 2.17. The molecule has 2 nitrogen and oxygen atoms in total. The van der Waals surface area contributed by atoms with E-state index in [-0.39, 0.29) is 5.78 Å². The Labute approximate surface area is 89.1 Å². The highest BCUT2D eigenvalue weighted by atomic mass is 35.5. The van der Waals surface area contributed by atoms with Gasteiger partial charge in [-0.2, -0.15) is 0 Å². The molecule has 0 aliphatic rings. The first-order chi connectivity index (χ1) is 6.66. The van der Waals surface area contributed by atoms with E-state index < -0.39 is 6.04 Å². The third kappa shape index (κ3) is 2.56. The fourth-order valence-corrected chi connectivity index (χ4v) is 1.53. The summed E-state index contributed by atoms with van der Waals surface area (Å²) in [4.78, 5) is 11.7. The van der Waals surface area contributed by atoms with Crippen molar-refractivity contribution in [2.45, 2.75) is 25.8 Å². The Morgan fingerprint density at radius 3 is 2.71 bits per heavy atom. The Bertz CT molecular complexity index is 325. The summed E-state index contributed by atoms with van der Waals surface area (Å²) in [5.74, 6) is -0.0718. The van der Waals surface area contributed by atoms with Crippen LogP contribution in [0, 0.1) is 0 Å². The molecule has 0 amide bonds. The third-order valence-corrected chi connectivity index (χ3v) is 2.41. The van der Waals surface area contributed by atoms with Crippen LogP contribution in [0.3, 0.4) is 0 Å². The van der Waals surface area contributed by atoms with Crippen molar-refractivity contribution in [1.29, 1.82) is 0 Å². The highest BCUT2D eigenvalue weighted by Gasteiger charge is 2.16.